The molecule has 0 unspecified atom stereocenters. The number of hydrogen-bond acceptors (Lipinski definition) is 4. The van der Waals surface area contributed by atoms with Gasteiger partial charge in [0.05, 0.1) is 10.6 Å². The SMILES string of the molecule is CNC1CCN(C(=O)c2cccc(S(=O)(=O)Nc3ccccc3F)c2)CC1.Cl. The number of piperidine rings is 1. The summed E-state index contributed by atoms with van der Waals surface area (Å²) in [6.07, 6.45) is 1.71. The molecular formula is C19H23ClFN3O3S. The number of likely N-dealkylation sites (tertiary alicyclic amines) is 1. The van der Waals surface area contributed by atoms with Crippen molar-refractivity contribution in [2.75, 3.05) is 24.9 Å². The largest absolute Gasteiger partial charge is 0.339 e. The van der Waals surface area contributed by atoms with E-state index in [-0.39, 0.29) is 28.9 Å². The van der Waals surface area contributed by atoms with Gasteiger partial charge in [-0.15, -0.1) is 12.4 Å². The molecule has 28 heavy (non-hydrogen) atoms. The lowest BCUT2D eigenvalue weighted by Crippen LogP contribution is -2.44. The van der Waals surface area contributed by atoms with Crippen LogP contribution in [0, 0.1) is 5.82 Å². The minimum absolute atomic E-state index is 0. The number of benzene rings is 2. The normalized spacial score (nSPS) is 15.0. The van der Waals surface area contributed by atoms with Crippen molar-refractivity contribution >= 4 is 34.0 Å². The van der Waals surface area contributed by atoms with E-state index < -0.39 is 15.8 Å². The highest BCUT2D eigenvalue weighted by molar-refractivity contribution is 7.92. The fourth-order valence-electron chi connectivity index (χ4n) is 3.10. The van der Waals surface area contributed by atoms with E-state index >= 15 is 0 Å². The van der Waals surface area contributed by atoms with Gasteiger partial charge in [-0.05, 0) is 50.2 Å². The lowest BCUT2D eigenvalue weighted by atomic mass is 10.0. The van der Waals surface area contributed by atoms with Gasteiger partial charge in [0.1, 0.15) is 5.82 Å². The summed E-state index contributed by atoms with van der Waals surface area (Å²) in [5.74, 6) is -0.867. The third kappa shape index (κ3) is 5.01. The van der Waals surface area contributed by atoms with E-state index in [1.54, 1.807) is 11.0 Å². The molecule has 0 saturated carbocycles. The summed E-state index contributed by atoms with van der Waals surface area (Å²) in [5, 5.41) is 3.20. The van der Waals surface area contributed by atoms with E-state index in [2.05, 4.69) is 10.0 Å². The Balaban J connectivity index is 0.00000280. The van der Waals surface area contributed by atoms with E-state index in [1.807, 2.05) is 7.05 Å². The summed E-state index contributed by atoms with van der Waals surface area (Å²) in [6.45, 7) is 1.24. The number of para-hydroxylation sites is 1. The van der Waals surface area contributed by atoms with E-state index in [1.165, 1.54) is 42.5 Å². The smallest absolute Gasteiger partial charge is 0.262 e. The number of nitrogens with zero attached hydrogens (tertiary/aromatic N) is 1. The van der Waals surface area contributed by atoms with Crippen LogP contribution in [0.4, 0.5) is 10.1 Å². The maximum absolute atomic E-state index is 13.8. The molecule has 0 atom stereocenters. The maximum Gasteiger partial charge on any atom is 0.262 e. The molecule has 1 heterocycles. The highest BCUT2D eigenvalue weighted by Gasteiger charge is 2.24. The van der Waals surface area contributed by atoms with Crippen LogP contribution >= 0.6 is 12.4 Å². The standard InChI is InChI=1S/C19H22FN3O3S.ClH/c1-21-15-9-11-23(12-10-15)19(24)14-5-4-6-16(13-14)27(25,26)22-18-8-3-2-7-17(18)20;/h2-8,13,15,21-22H,9-12H2,1H3;1H. The Labute approximate surface area is 170 Å². The topological polar surface area (TPSA) is 78.5 Å². The average Bonchev–Trinajstić information content (AvgIpc) is 2.69. The molecule has 0 radical (unpaired) electrons. The molecule has 0 spiro atoms. The lowest BCUT2D eigenvalue weighted by molar-refractivity contribution is 0.0707. The van der Waals surface area contributed by atoms with Crippen molar-refractivity contribution in [3.63, 3.8) is 0 Å². The summed E-state index contributed by atoms with van der Waals surface area (Å²) in [6, 6.07) is 11.7. The zero-order valence-electron chi connectivity index (χ0n) is 15.4. The van der Waals surface area contributed by atoms with Gasteiger partial charge in [0.25, 0.3) is 15.9 Å². The molecule has 1 amide bonds. The number of amides is 1. The Kier molecular flexibility index (Phi) is 7.40. The minimum Gasteiger partial charge on any atom is -0.339 e. The van der Waals surface area contributed by atoms with Crippen LogP contribution in [-0.4, -0.2) is 45.4 Å². The molecule has 1 aliphatic heterocycles. The Morgan fingerprint density at radius 2 is 1.79 bits per heavy atom. The molecule has 2 aromatic rings. The average molecular weight is 428 g/mol. The predicted molar refractivity (Wildman–Crippen MR) is 109 cm³/mol. The van der Waals surface area contributed by atoms with Gasteiger partial charge in [0.15, 0.2) is 0 Å². The summed E-state index contributed by atoms with van der Waals surface area (Å²) in [4.78, 5) is 14.4. The summed E-state index contributed by atoms with van der Waals surface area (Å²) in [5.41, 5.74) is 0.165. The van der Waals surface area contributed by atoms with Crippen molar-refractivity contribution in [2.24, 2.45) is 0 Å². The molecule has 1 fully saturated rings. The quantitative estimate of drug-likeness (QED) is 0.769. The van der Waals surface area contributed by atoms with E-state index in [0.29, 0.717) is 24.7 Å². The van der Waals surface area contributed by atoms with Crippen LogP contribution in [0.15, 0.2) is 53.4 Å². The molecule has 2 N–H and O–H groups in total. The van der Waals surface area contributed by atoms with Crippen molar-refractivity contribution in [1.82, 2.24) is 10.2 Å². The van der Waals surface area contributed by atoms with Crippen LogP contribution in [0.1, 0.15) is 23.2 Å². The molecule has 0 aliphatic carbocycles. The van der Waals surface area contributed by atoms with E-state index in [4.69, 9.17) is 0 Å². The van der Waals surface area contributed by atoms with Crippen molar-refractivity contribution < 1.29 is 17.6 Å². The molecule has 9 heteroatoms. The first-order valence-corrected chi connectivity index (χ1v) is 10.2. The zero-order chi connectivity index (χ0) is 19.4. The molecule has 1 aliphatic rings. The van der Waals surface area contributed by atoms with Crippen LogP contribution in [-0.2, 0) is 10.0 Å². The van der Waals surface area contributed by atoms with Crippen LogP contribution in [0.5, 0.6) is 0 Å². The first-order chi connectivity index (χ1) is 12.9. The molecule has 6 nitrogen and oxygen atoms in total. The molecule has 0 bridgehead atoms. The fraction of sp³-hybridized carbons (Fsp3) is 0.316. The third-order valence-corrected chi connectivity index (χ3v) is 6.06. The van der Waals surface area contributed by atoms with Crippen molar-refractivity contribution in [1.29, 1.82) is 0 Å². The van der Waals surface area contributed by atoms with Crippen LogP contribution in [0.3, 0.4) is 0 Å². The fourth-order valence-corrected chi connectivity index (χ4v) is 4.21. The third-order valence-electron chi connectivity index (χ3n) is 4.70. The Hall–Kier alpha value is -2.16. The number of carbonyl (C=O) groups excluding carboxylic acids is 1. The van der Waals surface area contributed by atoms with Gasteiger partial charge < -0.3 is 10.2 Å². The summed E-state index contributed by atoms with van der Waals surface area (Å²) >= 11 is 0. The second kappa shape index (κ2) is 9.36. The Morgan fingerprint density at radius 1 is 1.11 bits per heavy atom. The van der Waals surface area contributed by atoms with Gasteiger partial charge in [-0.1, -0.05) is 18.2 Å². The van der Waals surface area contributed by atoms with E-state index in [0.717, 1.165) is 12.8 Å². The molecule has 3 rings (SSSR count). The lowest BCUT2D eigenvalue weighted by Gasteiger charge is -2.31. The van der Waals surface area contributed by atoms with Gasteiger partial charge in [-0.2, -0.15) is 0 Å². The van der Waals surface area contributed by atoms with Crippen molar-refractivity contribution in [3.05, 3.63) is 59.9 Å². The molecular weight excluding hydrogens is 405 g/mol. The van der Waals surface area contributed by atoms with Gasteiger partial charge in [-0.25, -0.2) is 12.8 Å². The van der Waals surface area contributed by atoms with Gasteiger partial charge >= 0.3 is 0 Å². The second-order valence-corrected chi connectivity index (χ2v) is 8.15. The zero-order valence-corrected chi connectivity index (χ0v) is 17.0. The van der Waals surface area contributed by atoms with Gasteiger partial charge in [0.2, 0.25) is 0 Å². The molecule has 0 aromatic heterocycles. The molecule has 152 valence electrons. The van der Waals surface area contributed by atoms with Crippen molar-refractivity contribution in [2.45, 2.75) is 23.8 Å². The number of hydrogen-bond donors (Lipinski definition) is 2. The predicted octanol–water partition coefficient (Wildman–Crippen LogP) is 2.87. The molecule has 1 saturated heterocycles. The van der Waals surface area contributed by atoms with Crippen LogP contribution in [0.2, 0.25) is 0 Å². The summed E-state index contributed by atoms with van der Waals surface area (Å²) in [7, 11) is -2.10. The first-order valence-electron chi connectivity index (χ1n) is 8.74. The second-order valence-electron chi connectivity index (χ2n) is 6.47. The highest BCUT2D eigenvalue weighted by atomic mass is 35.5. The Morgan fingerprint density at radius 3 is 2.43 bits per heavy atom. The highest BCUT2D eigenvalue weighted by Crippen LogP contribution is 2.21. The van der Waals surface area contributed by atoms with Gasteiger partial charge in [-0.3, -0.25) is 9.52 Å². The van der Waals surface area contributed by atoms with E-state index in [9.17, 15) is 17.6 Å². The number of rotatable bonds is 5. The van der Waals surface area contributed by atoms with Crippen molar-refractivity contribution in [3.8, 4) is 0 Å². The monoisotopic (exact) mass is 427 g/mol. The molecule has 2 aromatic carbocycles. The van der Waals surface area contributed by atoms with Crippen LogP contribution < -0.4 is 10.0 Å². The number of nitrogens with one attached hydrogen (secondary N) is 2. The number of halogens is 2. The summed E-state index contributed by atoms with van der Waals surface area (Å²) < 4.78 is 41.1. The number of carbonyl (C=O) groups is 1. The number of sulfonamides is 1. The van der Waals surface area contributed by atoms with Crippen LogP contribution in [0.25, 0.3) is 0 Å². The maximum atomic E-state index is 13.8. The number of anilines is 1. The Bertz CT molecular complexity index is 932. The first kappa shape index (κ1) is 22.1. The minimum atomic E-state index is -4.01. The van der Waals surface area contributed by atoms with Gasteiger partial charge in [0, 0.05) is 24.7 Å².